The van der Waals surface area contributed by atoms with Crippen LogP contribution in [0, 0.1) is 0 Å². The summed E-state index contributed by atoms with van der Waals surface area (Å²) in [5.41, 5.74) is 6.25. The van der Waals surface area contributed by atoms with E-state index in [1.54, 1.807) is 24.3 Å². The van der Waals surface area contributed by atoms with Crippen LogP contribution in [0.2, 0.25) is 0 Å². The Morgan fingerprint density at radius 2 is 1.92 bits per heavy atom. The Morgan fingerprint density at radius 3 is 2.50 bits per heavy atom. The summed E-state index contributed by atoms with van der Waals surface area (Å²) in [6.45, 7) is 0.412. The Balaban J connectivity index is 2.52. The second-order valence-corrected chi connectivity index (χ2v) is 5.28. The van der Waals surface area contributed by atoms with Crippen LogP contribution in [0.4, 0.5) is 15.3 Å². The minimum Gasteiger partial charge on any atom is -0.445 e. The molecule has 26 heavy (non-hydrogen) atoms. The molecule has 0 aromatic heterocycles. The normalized spacial score (nSPS) is 11.0. The van der Waals surface area contributed by atoms with Crippen LogP contribution in [0.25, 0.3) is 0 Å². The molecule has 6 N–H and O–H groups in total. The maximum atomic E-state index is 12.2. The zero-order valence-electron chi connectivity index (χ0n) is 14.4. The fraction of sp³-hybridized carbons (Fsp3) is 0.375. The van der Waals surface area contributed by atoms with Gasteiger partial charge < -0.3 is 31.7 Å². The lowest BCUT2D eigenvalue weighted by molar-refractivity contribution is -0.121. The molecule has 5 amide bonds. The lowest BCUT2D eigenvalue weighted by atomic mass is 10.1. The Kier molecular flexibility index (Phi) is 9.01. The molecule has 0 saturated heterocycles. The van der Waals surface area contributed by atoms with Gasteiger partial charge in [0.1, 0.15) is 12.6 Å². The standard InChI is InChI=1S/C16H23N5O5/c1-18-16(25)26-9-11-4-6-12(7-5-11)21-14(23)13(20-10-22)3-2-8-19-15(17)24/h4-7,10,13H,2-3,8-9H2,1H3,(H,18,25)(H,20,22)(H,21,23)(H3,17,19,24). The van der Waals surface area contributed by atoms with E-state index in [-0.39, 0.29) is 12.5 Å². The Labute approximate surface area is 150 Å². The fourth-order valence-electron chi connectivity index (χ4n) is 2.02. The topological polar surface area (TPSA) is 152 Å². The first-order valence-corrected chi connectivity index (χ1v) is 7.93. The molecule has 0 aliphatic heterocycles. The molecule has 1 atom stereocenters. The van der Waals surface area contributed by atoms with Crippen molar-refractivity contribution in [3.8, 4) is 0 Å². The minimum absolute atomic E-state index is 0.107. The molecule has 0 bridgehead atoms. The van der Waals surface area contributed by atoms with E-state index < -0.39 is 18.2 Å². The SMILES string of the molecule is CNC(=O)OCc1ccc(NC(=O)C(CCCNC(N)=O)NC=O)cc1. The molecule has 0 fully saturated rings. The average molecular weight is 365 g/mol. The van der Waals surface area contributed by atoms with Crippen molar-refractivity contribution < 1.29 is 23.9 Å². The maximum absolute atomic E-state index is 12.2. The number of benzene rings is 1. The monoisotopic (exact) mass is 365 g/mol. The van der Waals surface area contributed by atoms with E-state index in [0.717, 1.165) is 5.56 Å². The summed E-state index contributed by atoms with van der Waals surface area (Å²) in [5.74, 6) is -0.384. The summed E-state index contributed by atoms with van der Waals surface area (Å²) in [7, 11) is 1.47. The highest BCUT2D eigenvalue weighted by atomic mass is 16.5. The molecular weight excluding hydrogens is 342 g/mol. The molecule has 0 saturated carbocycles. The number of nitrogens with two attached hydrogens (primary N) is 1. The number of anilines is 1. The summed E-state index contributed by atoms with van der Waals surface area (Å²) < 4.78 is 4.92. The number of nitrogens with one attached hydrogen (secondary N) is 4. The highest BCUT2D eigenvalue weighted by molar-refractivity contribution is 5.95. The third-order valence-electron chi connectivity index (χ3n) is 3.35. The zero-order valence-corrected chi connectivity index (χ0v) is 14.4. The predicted octanol–water partition coefficient (Wildman–Crippen LogP) is 0.0442. The Hall–Kier alpha value is -3.30. The van der Waals surface area contributed by atoms with E-state index in [0.29, 0.717) is 31.5 Å². The van der Waals surface area contributed by atoms with E-state index in [4.69, 9.17) is 10.5 Å². The number of hydrogen-bond donors (Lipinski definition) is 5. The first-order chi connectivity index (χ1) is 12.5. The third kappa shape index (κ3) is 7.99. The van der Waals surface area contributed by atoms with Crippen molar-refractivity contribution in [1.82, 2.24) is 16.0 Å². The van der Waals surface area contributed by atoms with Crippen molar-refractivity contribution >= 4 is 30.1 Å². The van der Waals surface area contributed by atoms with Crippen LogP contribution in [-0.2, 0) is 20.9 Å². The smallest absolute Gasteiger partial charge is 0.407 e. The Morgan fingerprint density at radius 1 is 1.23 bits per heavy atom. The van der Waals surface area contributed by atoms with E-state index in [9.17, 15) is 19.2 Å². The summed E-state index contributed by atoms with van der Waals surface area (Å²) in [6.07, 6.45) is 0.724. The van der Waals surface area contributed by atoms with E-state index in [2.05, 4.69) is 21.3 Å². The first kappa shape index (κ1) is 20.7. The number of alkyl carbamates (subject to hydrolysis) is 1. The van der Waals surface area contributed by atoms with Gasteiger partial charge >= 0.3 is 12.1 Å². The van der Waals surface area contributed by atoms with Gasteiger partial charge in [0, 0.05) is 19.3 Å². The molecule has 0 heterocycles. The predicted molar refractivity (Wildman–Crippen MR) is 94.1 cm³/mol. The molecule has 142 valence electrons. The van der Waals surface area contributed by atoms with E-state index in [1.807, 2.05) is 0 Å². The number of amides is 5. The molecule has 10 heteroatoms. The van der Waals surface area contributed by atoms with Gasteiger partial charge in [0.25, 0.3) is 0 Å². The third-order valence-corrected chi connectivity index (χ3v) is 3.35. The molecule has 1 aromatic rings. The van der Waals surface area contributed by atoms with Crippen molar-refractivity contribution in [2.45, 2.75) is 25.5 Å². The van der Waals surface area contributed by atoms with Crippen LogP contribution in [-0.4, -0.2) is 44.1 Å². The molecule has 1 aromatic carbocycles. The zero-order chi connectivity index (χ0) is 19.4. The van der Waals surface area contributed by atoms with Gasteiger partial charge in [-0.3, -0.25) is 9.59 Å². The molecular formula is C16H23N5O5. The van der Waals surface area contributed by atoms with Gasteiger partial charge in [0.2, 0.25) is 12.3 Å². The molecule has 0 aliphatic carbocycles. The van der Waals surface area contributed by atoms with E-state index in [1.165, 1.54) is 7.05 Å². The van der Waals surface area contributed by atoms with Gasteiger partial charge in [-0.15, -0.1) is 0 Å². The van der Waals surface area contributed by atoms with Crippen molar-refractivity contribution in [1.29, 1.82) is 0 Å². The van der Waals surface area contributed by atoms with Crippen LogP contribution in [0.1, 0.15) is 18.4 Å². The van der Waals surface area contributed by atoms with Crippen LogP contribution in [0.15, 0.2) is 24.3 Å². The van der Waals surface area contributed by atoms with Crippen LogP contribution in [0.3, 0.4) is 0 Å². The second kappa shape index (κ2) is 11.3. The largest absolute Gasteiger partial charge is 0.445 e. The van der Waals surface area contributed by atoms with Crippen molar-refractivity contribution in [2.24, 2.45) is 5.73 Å². The highest BCUT2D eigenvalue weighted by Gasteiger charge is 2.17. The number of carbonyl (C=O) groups excluding carboxylic acids is 4. The van der Waals surface area contributed by atoms with Gasteiger partial charge in [0.15, 0.2) is 0 Å². The van der Waals surface area contributed by atoms with Gasteiger partial charge in [-0.2, -0.15) is 0 Å². The van der Waals surface area contributed by atoms with E-state index >= 15 is 0 Å². The molecule has 1 unspecified atom stereocenters. The average Bonchev–Trinajstić information content (AvgIpc) is 2.63. The lowest BCUT2D eigenvalue weighted by Crippen LogP contribution is -2.40. The maximum Gasteiger partial charge on any atom is 0.407 e. The number of carbonyl (C=O) groups is 4. The summed E-state index contributed by atoms with van der Waals surface area (Å²) in [4.78, 5) is 44.6. The number of hydrogen-bond acceptors (Lipinski definition) is 5. The summed E-state index contributed by atoms with van der Waals surface area (Å²) >= 11 is 0. The molecule has 0 spiro atoms. The molecule has 0 radical (unpaired) electrons. The molecule has 0 aliphatic rings. The first-order valence-electron chi connectivity index (χ1n) is 7.93. The molecule has 10 nitrogen and oxygen atoms in total. The van der Waals surface area contributed by atoms with Crippen molar-refractivity contribution in [3.63, 3.8) is 0 Å². The van der Waals surface area contributed by atoms with Crippen LogP contribution in [0.5, 0.6) is 0 Å². The number of ether oxygens (including phenoxy) is 1. The fourth-order valence-corrected chi connectivity index (χ4v) is 2.02. The quantitative estimate of drug-likeness (QED) is 0.293. The number of primary amides is 1. The van der Waals surface area contributed by atoms with Crippen LogP contribution < -0.4 is 27.0 Å². The van der Waals surface area contributed by atoms with Crippen molar-refractivity contribution in [2.75, 3.05) is 18.9 Å². The van der Waals surface area contributed by atoms with Gasteiger partial charge in [-0.1, -0.05) is 12.1 Å². The van der Waals surface area contributed by atoms with Crippen molar-refractivity contribution in [3.05, 3.63) is 29.8 Å². The minimum atomic E-state index is -0.738. The second-order valence-electron chi connectivity index (χ2n) is 5.28. The number of urea groups is 1. The summed E-state index contributed by atoms with van der Waals surface area (Å²) in [6, 6.07) is 5.35. The molecule has 1 rings (SSSR count). The van der Waals surface area contributed by atoms with Gasteiger partial charge in [-0.05, 0) is 30.5 Å². The lowest BCUT2D eigenvalue weighted by Gasteiger charge is -2.16. The van der Waals surface area contributed by atoms with Crippen LogP contribution >= 0.6 is 0 Å². The highest BCUT2D eigenvalue weighted by Crippen LogP contribution is 2.11. The van der Waals surface area contributed by atoms with Gasteiger partial charge in [-0.25, -0.2) is 9.59 Å². The summed E-state index contributed by atoms with van der Waals surface area (Å²) in [5, 5.41) is 9.88. The Bertz CT molecular complexity index is 620. The number of rotatable bonds is 10. The van der Waals surface area contributed by atoms with Gasteiger partial charge in [0.05, 0.1) is 0 Å².